The maximum Gasteiger partial charge on any atom is 0.244 e. The number of nitrogens with one attached hydrogen (secondary N) is 2. The van der Waals surface area contributed by atoms with Crippen molar-refractivity contribution in [1.29, 1.82) is 0 Å². The van der Waals surface area contributed by atoms with Crippen LogP contribution in [-0.2, 0) is 10.0 Å². The molecule has 5 heterocycles. The van der Waals surface area contributed by atoms with E-state index in [2.05, 4.69) is 30.2 Å². The number of fused-ring (bicyclic) bond motifs is 3. The Labute approximate surface area is 197 Å². The zero-order chi connectivity index (χ0) is 23.1. The molecule has 0 amide bonds. The molecule has 0 spiro atoms. The number of piperazine rings is 1. The predicted molar refractivity (Wildman–Crippen MR) is 129 cm³/mol. The third-order valence-corrected chi connectivity index (χ3v) is 8.61. The minimum atomic E-state index is -3.55. The van der Waals surface area contributed by atoms with E-state index in [9.17, 15) is 8.42 Å². The number of hydrogen-bond acceptors (Lipinski definition) is 8. The molecule has 1 saturated heterocycles. The fourth-order valence-corrected chi connectivity index (χ4v) is 6.40. The van der Waals surface area contributed by atoms with E-state index in [0.717, 1.165) is 34.8 Å². The molecule has 1 saturated carbocycles. The number of pyridine rings is 2. The van der Waals surface area contributed by atoms with E-state index in [-0.39, 0.29) is 4.90 Å². The summed E-state index contributed by atoms with van der Waals surface area (Å²) in [5.41, 5.74) is 1.96. The molecular formula is C23H26N8O2S. The van der Waals surface area contributed by atoms with Gasteiger partial charge >= 0.3 is 0 Å². The van der Waals surface area contributed by atoms with Crippen molar-refractivity contribution in [3.8, 4) is 0 Å². The van der Waals surface area contributed by atoms with Crippen molar-refractivity contribution >= 4 is 43.7 Å². The first-order valence-corrected chi connectivity index (χ1v) is 13.1. The quantitative estimate of drug-likeness (QED) is 0.450. The van der Waals surface area contributed by atoms with E-state index in [1.165, 1.54) is 23.3 Å². The van der Waals surface area contributed by atoms with Crippen LogP contribution < -0.4 is 10.6 Å². The van der Waals surface area contributed by atoms with Crippen LogP contribution >= 0.6 is 0 Å². The first-order chi connectivity index (χ1) is 16.6. The van der Waals surface area contributed by atoms with E-state index >= 15 is 0 Å². The van der Waals surface area contributed by atoms with Gasteiger partial charge in [0.25, 0.3) is 0 Å². The van der Waals surface area contributed by atoms with E-state index in [4.69, 9.17) is 4.98 Å². The van der Waals surface area contributed by atoms with Crippen LogP contribution in [0.4, 0.5) is 11.8 Å². The Hall–Kier alpha value is -3.15. The molecule has 4 aromatic rings. The van der Waals surface area contributed by atoms with Gasteiger partial charge in [-0.15, -0.1) is 0 Å². The second kappa shape index (κ2) is 8.57. The standard InChI is InChI=1S/C23H26N8O2S/c32-34(33,30-11-9-24-10-12-30)17-5-6-21(26-13-17)28-23-27-14-19-18-7-8-25-15-20(18)31(22(19)29-23)16-3-1-2-4-16/h5-8,13-16,24H,1-4,9-12H2,(H,26,27,28,29). The van der Waals surface area contributed by atoms with Crippen molar-refractivity contribution in [1.82, 2.24) is 34.1 Å². The third kappa shape index (κ3) is 3.69. The summed E-state index contributed by atoms with van der Waals surface area (Å²) in [7, 11) is -3.55. The van der Waals surface area contributed by atoms with Gasteiger partial charge in [0.1, 0.15) is 16.4 Å². The average molecular weight is 479 g/mol. The van der Waals surface area contributed by atoms with Gasteiger partial charge in [0, 0.05) is 61.6 Å². The van der Waals surface area contributed by atoms with Gasteiger partial charge in [0.2, 0.25) is 16.0 Å². The summed E-state index contributed by atoms with van der Waals surface area (Å²) in [4.78, 5) is 18.2. The highest BCUT2D eigenvalue weighted by molar-refractivity contribution is 7.89. The van der Waals surface area contributed by atoms with Crippen LogP contribution in [0.1, 0.15) is 31.7 Å². The summed E-state index contributed by atoms with van der Waals surface area (Å²) < 4.78 is 29.5. The van der Waals surface area contributed by atoms with Crippen molar-refractivity contribution in [3.63, 3.8) is 0 Å². The Bertz CT molecular complexity index is 1440. The van der Waals surface area contributed by atoms with Crippen LogP contribution in [0.5, 0.6) is 0 Å². The Balaban J connectivity index is 1.31. The van der Waals surface area contributed by atoms with Crippen LogP contribution in [0, 0.1) is 0 Å². The molecule has 0 radical (unpaired) electrons. The summed E-state index contributed by atoms with van der Waals surface area (Å²) in [6, 6.07) is 5.64. The number of aromatic nitrogens is 5. The molecule has 176 valence electrons. The minimum Gasteiger partial charge on any atom is -0.321 e. The maximum atomic E-state index is 12.9. The maximum absolute atomic E-state index is 12.9. The molecule has 4 aromatic heterocycles. The van der Waals surface area contributed by atoms with Gasteiger partial charge in [0.15, 0.2) is 0 Å². The molecule has 0 atom stereocenters. The van der Waals surface area contributed by atoms with Gasteiger partial charge in [0.05, 0.1) is 11.7 Å². The van der Waals surface area contributed by atoms with Crippen LogP contribution in [0.25, 0.3) is 21.9 Å². The summed E-state index contributed by atoms with van der Waals surface area (Å²) in [5, 5.41) is 8.40. The van der Waals surface area contributed by atoms with Crippen LogP contribution in [0.15, 0.2) is 47.9 Å². The lowest BCUT2D eigenvalue weighted by Gasteiger charge is -2.26. The zero-order valence-corrected chi connectivity index (χ0v) is 19.5. The van der Waals surface area contributed by atoms with Crippen molar-refractivity contribution in [3.05, 3.63) is 43.0 Å². The molecule has 11 heteroatoms. The molecule has 2 aliphatic rings. The Kier molecular flexibility index (Phi) is 5.39. The second-order valence-corrected chi connectivity index (χ2v) is 10.7. The summed E-state index contributed by atoms with van der Waals surface area (Å²) in [5.74, 6) is 0.913. The van der Waals surface area contributed by atoms with Gasteiger partial charge in [-0.2, -0.15) is 9.29 Å². The fourth-order valence-electron chi connectivity index (χ4n) is 5.01. The van der Waals surface area contributed by atoms with Crippen LogP contribution in [0.3, 0.4) is 0 Å². The van der Waals surface area contributed by atoms with Crippen molar-refractivity contribution in [2.24, 2.45) is 0 Å². The highest BCUT2D eigenvalue weighted by atomic mass is 32.2. The third-order valence-electron chi connectivity index (χ3n) is 6.73. The molecular weight excluding hydrogens is 452 g/mol. The van der Waals surface area contributed by atoms with Crippen molar-refractivity contribution in [2.45, 2.75) is 36.6 Å². The topological polar surface area (TPSA) is 118 Å². The molecule has 0 bridgehead atoms. The lowest BCUT2D eigenvalue weighted by molar-refractivity contribution is 0.360. The molecule has 2 fully saturated rings. The predicted octanol–water partition coefficient (Wildman–Crippen LogP) is 2.83. The molecule has 10 nitrogen and oxygen atoms in total. The van der Waals surface area contributed by atoms with E-state index in [0.29, 0.717) is 44.0 Å². The zero-order valence-electron chi connectivity index (χ0n) is 18.7. The van der Waals surface area contributed by atoms with Gasteiger partial charge in [-0.3, -0.25) is 4.98 Å². The SMILES string of the molecule is O=S(=O)(c1ccc(Nc2ncc3c4ccncc4n(C4CCCC4)c3n2)nc1)N1CCNCC1. The summed E-state index contributed by atoms with van der Waals surface area (Å²) >= 11 is 0. The lowest BCUT2D eigenvalue weighted by atomic mass is 10.2. The lowest BCUT2D eigenvalue weighted by Crippen LogP contribution is -2.46. The Morgan fingerprint density at radius 1 is 0.971 bits per heavy atom. The molecule has 6 rings (SSSR count). The van der Waals surface area contributed by atoms with Crippen LogP contribution in [-0.4, -0.2) is 63.4 Å². The first kappa shape index (κ1) is 21.4. The largest absolute Gasteiger partial charge is 0.321 e. The Morgan fingerprint density at radius 3 is 2.56 bits per heavy atom. The van der Waals surface area contributed by atoms with Gasteiger partial charge in [-0.1, -0.05) is 12.8 Å². The van der Waals surface area contributed by atoms with Crippen molar-refractivity contribution in [2.75, 3.05) is 31.5 Å². The second-order valence-electron chi connectivity index (χ2n) is 8.79. The summed E-state index contributed by atoms with van der Waals surface area (Å²) in [6.45, 7) is 2.22. The Morgan fingerprint density at radius 2 is 1.79 bits per heavy atom. The van der Waals surface area contributed by atoms with E-state index < -0.39 is 10.0 Å². The highest BCUT2D eigenvalue weighted by Gasteiger charge is 2.26. The highest BCUT2D eigenvalue weighted by Crippen LogP contribution is 2.37. The summed E-state index contributed by atoms with van der Waals surface area (Å²) in [6.07, 6.45) is 11.6. The molecule has 0 unspecified atom stereocenters. The van der Waals surface area contributed by atoms with Gasteiger partial charge in [-0.05, 0) is 31.0 Å². The monoisotopic (exact) mass is 478 g/mol. The number of sulfonamides is 1. The van der Waals surface area contributed by atoms with E-state index in [1.54, 1.807) is 18.3 Å². The molecule has 1 aliphatic heterocycles. The fraction of sp³-hybridized carbons (Fsp3) is 0.391. The molecule has 0 aromatic carbocycles. The smallest absolute Gasteiger partial charge is 0.244 e. The number of hydrogen-bond donors (Lipinski definition) is 2. The van der Waals surface area contributed by atoms with Crippen molar-refractivity contribution < 1.29 is 8.42 Å². The normalized spacial score (nSPS) is 18.1. The molecule has 1 aliphatic carbocycles. The van der Waals surface area contributed by atoms with Crippen LogP contribution in [0.2, 0.25) is 0 Å². The van der Waals surface area contributed by atoms with Gasteiger partial charge < -0.3 is 15.2 Å². The number of anilines is 2. The minimum absolute atomic E-state index is 0.185. The van der Waals surface area contributed by atoms with Gasteiger partial charge in [-0.25, -0.2) is 18.4 Å². The van der Waals surface area contributed by atoms with E-state index in [1.807, 2.05) is 18.5 Å². The average Bonchev–Trinajstić information content (AvgIpc) is 3.51. The first-order valence-electron chi connectivity index (χ1n) is 11.7. The number of nitrogens with zero attached hydrogens (tertiary/aromatic N) is 6. The number of rotatable bonds is 5. The molecule has 2 N–H and O–H groups in total. The molecule has 34 heavy (non-hydrogen) atoms.